The first-order valence-corrected chi connectivity index (χ1v) is 5.06. The second-order valence-electron chi connectivity index (χ2n) is 3.86. The van der Waals surface area contributed by atoms with Gasteiger partial charge in [0.25, 0.3) is 0 Å². The number of ether oxygens (including phenoxy) is 1. The molecule has 2 nitrogen and oxygen atoms in total. The van der Waals surface area contributed by atoms with E-state index in [0.717, 1.165) is 25.2 Å². The van der Waals surface area contributed by atoms with Crippen molar-refractivity contribution in [1.29, 1.82) is 0 Å². The Balaban J connectivity index is 1.98. The summed E-state index contributed by atoms with van der Waals surface area (Å²) in [6.45, 7) is 2.21. The zero-order valence-electron chi connectivity index (χ0n) is 8.55. The van der Waals surface area contributed by atoms with Gasteiger partial charge in [-0.2, -0.15) is 13.2 Å². The van der Waals surface area contributed by atoms with Crippen LogP contribution in [-0.2, 0) is 6.18 Å². The number of hydrogen-bond donors (Lipinski definition) is 1. The largest absolute Gasteiger partial charge is 0.493 e. The molecular weight excluding hydrogens is 219 g/mol. The fourth-order valence-electron chi connectivity index (χ4n) is 1.44. The third-order valence-electron chi connectivity index (χ3n) is 2.51. The molecule has 0 saturated carbocycles. The van der Waals surface area contributed by atoms with Crippen LogP contribution in [0.2, 0.25) is 0 Å². The molecule has 0 unspecified atom stereocenters. The minimum absolute atomic E-state index is 0.279. The van der Waals surface area contributed by atoms with E-state index in [4.69, 9.17) is 4.74 Å². The van der Waals surface area contributed by atoms with Crippen molar-refractivity contribution in [3.8, 4) is 5.75 Å². The summed E-state index contributed by atoms with van der Waals surface area (Å²) >= 11 is 0. The van der Waals surface area contributed by atoms with Crippen molar-refractivity contribution >= 4 is 0 Å². The highest BCUT2D eigenvalue weighted by atomic mass is 19.4. The van der Waals surface area contributed by atoms with Crippen molar-refractivity contribution in [2.24, 2.45) is 5.92 Å². The highest BCUT2D eigenvalue weighted by Crippen LogP contribution is 2.31. The average molecular weight is 231 g/mol. The van der Waals surface area contributed by atoms with E-state index in [0.29, 0.717) is 12.5 Å². The van der Waals surface area contributed by atoms with Crippen molar-refractivity contribution in [2.75, 3.05) is 19.7 Å². The molecule has 0 atom stereocenters. The molecule has 1 saturated heterocycles. The number of hydrogen-bond acceptors (Lipinski definition) is 2. The summed E-state index contributed by atoms with van der Waals surface area (Å²) in [4.78, 5) is 0. The fraction of sp³-hybridized carbons (Fsp3) is 0.455. The zero-order chi connectivity index (χ0) is 11.6. The number of nitrogens with one attached hydrogen (secondary N) is 1. The third kappa shape index (κ3) is 2.66. The molecule has 1 N–H and O–H groups in total. The van der Waals surface area contributed by atoms with Crippen LogP contribution in [0.4, 0.5) is 13.2 Å². The van der Waals surface area contributed by atoms with Crippen LogP contribution < -0.4 is 10.1 Å². The Morgan fingerprint density at radius 3 is 2.62 bits per heavy atom. The Morgan fingerprint density at radius 1 is 1.31 bits per heavy atom. The molecule has 1 fully saturated rings. The van der Waals surface area contributed by atoms with Gasteiger partial charge in [-0.1, -0.05) is 6.07 Å². The van der Waals surface area contributed by atoms with Gasteiger partial charge in [0.05, 0.1) is 12.2 Å². The Hall–Kier alpha value is -1.23. The molecule has 1 aliphatic heterocycles. The van der Waals surface area contributed by atoms with Crippen LogP contribution in [0, 0.1) is 5.92 Å². The first kappa shape index (κ1) is 11.3. The van der Waals surface area contributed by atoms with Gasteiger partial charge >= 0.3 is 6.18 Å². The molecule has 1 aliphatic rings. The molecule has 0 aliphatic carbocycles. The minimum atomic E-state index is -4.31. The highest BCUT2D eigenvalue weighted by Gasteiger charge is 2.30. The monoisotopic (exact) mass is 231 g/mol. The molecule has 1 heterocycles. The standard InChI is InChI=1S/C11H12F3NO/c12-11(13,14)9-2-1-3-10(4-9)16-7-8-5-15-6-8/h1-4,8,15H,5-7H2. The third-order valence-corrected chi connectivity index (χ3v) is 2.51. The molecule has 0 bridgehead atoms. The lowest BCUT2D eigenvalue weighted by atomic mass is 10.1. The quantitative estimate of drug-likeness (QED) is 0.861. The van der Waals surface area contributed by atoms with Gasteiger partial charge in [0.15, 0.2) is 0 Å². The van der Waals surface area contributed by atoms with E-state index < -0.39 is 11.7 Å². The maximum Gasteiger partial charge on any atom is 0.416 e. The van der Waals surface area contributed by atoms with E-state index >= 15 is 0 Å². The number of alkyl halides is 3. The minimum Gasteiger partial charge on any atom is -0.493 e. The zero-order valence-corrected chi connectivity index (χ0v) is 8.55. The highest BCUT2D eigenvalue weighted by molar-refractivity contribution is 5.30. The summed E-state index contributed by atoms with van der Waals surface area (Å²) in [5, 5.41) is 3.07. The van der Waals surface area contributed by atoms with Crippen LogP contribution in [0.5, 0.6) is 5.75 Å². The molecule has 0 aromatic heterocycles. The Kier molecular flexibility index (Phi) is 3.05. The van der Waals surface area contributed by atoms with Gasteiger partial charge in [0.2, 0.25) is 0 Å². The van der Waals surface area contributed by atoms with Crippen LogP contribution in [0.25, 0.3) is 0 Å². The molecule has 88 valence electrons. The van der Waals surface area contributed by atoms with Crippen molar-refractivity contribution in [3.63, 3.8) is 0 Å². The van der Waals surface area contributed by atoms with Crippen LogP contribution >= 0.6 is 0 Å². The van der Waals surface area contributed by atoms with Gasteiger partial charge in [-0.25, -0.2) is 0 Å². The predicted octanol–water partition coefficient (Wildman–Crippen LogP) is 2.30. The van der Waals surface area contributed by atoms with Gasteiger partial charge in [-0.15, -0.1) is 0 Å². The fourth-order valence-corrected chi connectivity index (χ4v) is 1.44. The molecule has 2 rings (SSSR count). The molecule has 0 spiro atoms. The van der Waals surface area contributed by atoms with Gasteiger partial charge in [-0.05, 0) is 18.2 Å². The molecule has 5 heteroatoms. The van der Waals surface area contributed by atoms with Crippen LogP contribution in [0.3, 0.4) is 0 Å². The first-order valence-electron chi connectivity index (χ1n) is 5.06. The number of rotatable bonds is 3. The van der Waals surface area contributed by atoms with Crippen molar-refractivity contribution < 1.29 is 17.9 Å². The van der Waals surface area contributed by atoms with E-state index in [1.54, 1.807) is 6.07 Å². The molecular formula is C11H12F3NO. The van der Waals surface area contributed by atoms with E-state index in [-0.39, 0.29) is 5.75 Å². The van der Waals surface area contributed by atoms with E-state index in [2.05, 4.69) is 5.32 Å². The molecule has 16 heavy (non-hydrogen) atoms. The topological polar surface area (TPSA) is 21.3 Å². The lowest BCUT2D eigenvalue weighted by Crippen LogP contribution is -2.45. The summed E-state index contributed by atoms with van der Waals surface area (Å²) in [5.74, 6) is 0.691. The van der Waals surface area contributed by atoms with Crippen molar-refractivity contribution in [1.82, 2.24) is 5.32 Å². The lowest BCUT2D eigenvalue weighted by molar-refractivity contribution is -0.137. The summed E-state index contributed by atoms with van der Waals surface area (Å²) in [6, 6.07) is 4.97. The molecule has 0 radical (unpaired) electrons. The molecule has 1 aromatic rings. The summed E-state index contributed by atoms with van der Waals surface area (Å²) in [6.07, 6.45) is -4.31. The van der Waals surface area contributed by atoms with Gasteiger partial charge < -0.3 is 10.1 Å². The first-order chi connectivity index (χ1) is 7.55. The lowest BCUT2D eigenvalue weighted by Gasteiger charge is -2.26. The van der Waals surface area contributed by atoms with Gasteiger partial charge in [0.1, 0.15) is 5.75 Å². The van der Waals surface area contributed by atoms with E-state index in [1.807, 2.05) is 0 Å². The second kappa shape index (κ2) is 4.33. The Morgan fingerprint density at radius 2 is 2.06 bits per heavy atom. The van der Waals surface area contributed by atoms with E-state index in [1.165, 1.54) is 6.07 Å². The van der Waals surface area contributed by atoms with Crippen LogP contribution in [0.15, 0.2) is 24.3 Å². The maximum atomic E-state index is 12.4. The summed E-state index contributed by atoms with van der Waals surface area (Å²) < 4.78 is 42.4. The molecule has 0 amide bonds. The van der Waals surface area contributed by atoms with Gasteiger partial charge in [-0.3, -0.25) is 0 Å². The van der Waals surface area contributed by atoms with Crippen LogP contribution in [-0.4, -0.2) is 19.7 Å². The normalized spacial score (nSPS) is 16.9. The van der Waals surface area contributed by atoms with Crippen molar-refractivity contribution in [2.45, 2.75) is 6.18 Å². The Labute approximate surface area is 91.4 Å². The molecule has 1 aromatic carbocycles. The van der Waals surface area contributed by atoms with E-state index in [9.17, 15) is 13.2 Å². The maximum absolute atomic E-state index is 12.4. The van der Waals surface area contributed by atoms with Gasteiger partial charge in [0, 0.05) is 19.0 Å². The summed E-state index contributed by atoms with van der Waals surface area (Å²) in [7, 11) is 0. The second-order valence-corrected chi connectivity index (χ2v) is 3.86. The SMILES string of the molecule is FC(F)(F)c1cccc(OCC2CNC2)c1. The summed E-state index contributed by atoms with van der Waals surface area (Å²) in [5.41, 5.74) is -0.670. The Bertz CT molecular complexity index is 360. The average Bonchev–Trinajstić information content (AvgIpc) is 2.14. The van der Waals surface area contributed by atoms with Crippen LogP contribution in [0.1, 0.15) is 5.56 Å². The predicted molar refractivity (Wildman–Crippen MR) is 53.3 cm³/mol. The smallest absolute Gasteiger partial charge is 0.416 e. The number of benzene rings is 1. The van der Waals surface area contributed by atoms with Crippen molar-refractivity contribution in [3.05, 3.63) is 29.8 Å². The number of halogens is 3.